The summed E-state index contributed by atoms with van der Waals surface area (Å²) in [5.74, 6) is 6.76. The van der Waals surface area contributed by atoms with Crippen LogP contribution in [0.2, 0.25) is 0 Å². The molecule has 4 heteroatoms. The summed E-state index contributed by atoms with van der Waals surface area (Å²) >= 11 is 1.43. The van der Waals surface area contributed by atoms with Crippen molar-refractivity contribution in [1.82, 2.24) is 9.36 Å². The molecule has 13 heavy (non-hydrogen) atoms. The van der Waals surface area contributed by atoms with E-state index in [0.29, 0.717) is 0 Å². The van der Waals surface area contributed by atoms with E-state index in [-0.39, 0.29) is 0 Å². The second kappa shape index (κ2) is 4.83. The highest BCUT2D eigenvalue weighted by molar-refractivity contribution is 7.09. The molecule has 1 aromatic rings. The molecule has 0 aliphatic heterocycles. The Morgan fingerprint density at radius 3 is 2.85 bits per heavy atom. The van der Waals surface area contributed by atoms with Crippen LogP contribution >= 0.6 is 11.5 Å². The van der Waals surface area contributed by atoms with E-state index in [1.807, 2.05) is 18.9 Å². The standard InChI is InChI=1S/C9H13N3S/c1-4-6-7-12(3)9-10-8(5-2)11-13-9/h5,7H2,1-3H3. The Bertz CT molecular complexity index is 321. The molecule has 0 N–H and O–H groups in total. The Kier molecular flexibility index (Phi) is 3.71. The fourth-order valence-electron chi connectivity index (χ4n) is 0.809. The van der Waals surface area contributed by atoms with Crippen molar-refractivity contribution in [3.05, 3.63) is 5.82 Å². The largest absolute Gasteiger partial charge is 0.339 e. The van der Waals surface area contributed by atoms with Gasteiger partial charge in [-0.15, -0.1) is 5.92 Å². The van der Waals surface area contributed by atoms with Crippen molar-refractivity contribution in [3.8, 4) is 11.8 Å². The Hall–Kier alpha value is -1.08. The van der Waals surface area contributed by atoms with Crippen LogP contribution in [0, 0.1) is 11.8 Å². The molecule has 0 bridgehead atoms. The van der Waals surface area contributed by atoms with Gasteiger partial charge in [-0.2, -0.15) is 4.37 Å². The van der Waals surface area contributed by atoms with Gasteiger partial charge in [0.1, 0.15) is 5.82 Å². The van der Waals surface area contributed by atoms with E-state index in [0.717, 1.165) is 23.9 Å². The molecule has 0 radical (unpaired) electrons. The molecule has 3 nitrogen and oxygen atoms in total. The Balaban J connectivity index is 2.63. The van der Waals surface area contributed by atoms with Crippen LogP contribution in [0.1, 0.15) is 19.7 Å². The number of hydrogen-bond donors (Lipinski definition) is 0. The molecule has 0 aliphatic rings. The molecule has 70 valence electrons. The summed E-state index contributed by atoms with van der Waals surface area (Å²) in [4.78, 5) is 6.35. The molecule has 1 rings (SSSR count). The van der Waals surface area contributed by atoms with Gasteiger partial charge in [0.2, 0.25) is 5.13 Å². The fourth-order valence-corrected chi connectivity index (χ4v) is 1.52. The summed E-state index contributed by atoms with van der Waals surface area (Å²) < 4.78 is 4.20. The lowest BCUT2D eigenvalue weighted by Crippen LogP contribution is -2.16. The maximum atomic E-state index is 4.35. The molecular formula is C9H13N3S. The smallest absolute Gasteiger partial charge is 0.205 e. The van der Waals surface area contributed by atoms with Crippen molar-refractivity contribution in [1.29, 1.82) is 0 Å². The van der Waals surface area contributed by atoms with E-state index in [1.54, 1.807) is 0 Å². The highest BCUT2D eigenvalue weighted by Gasteiger charge is 2.05. The molecule has 0 aromatic carbocycles. The van der Waals surface area contributed by atoms with Gasteiger partial charge in [0.25, 0.3) is 0 Å². The van der Waals surface area contributed by atoms with E-state index in [4.69, 9.17) is 0 Å². The van der Waals surface area contributed by atoms with Crippen LogP contribution in [0.5, 0.6) is 0 Å². The van der Waals surface area contributed by atoms with Gasteiger partial charge in [-0.05, 0) is 6.92 Å². The number of anilines is 1. The maximum Gasteiger partial charge on any atom is 0.205 e. The molecular weight excluding hydrogens is 182 g/mol. The van der Waals surface area contributed by atoms with Crippen molar-refractivity contribution in [2.24, 2.45) is 0 Å². The number of aromatic nitrogens is 2. The van der Waals surface area contributed by atoms with E-state index in [9.17, 15) is 0 Å². The lowest BCUT2D eigenvalue weighted by molar-refractivity contribution is 0.964. The molecule has 0 amide bonds. The Morgan fingerprint density at radius 2 is 2.31 bits per heavy atom. The fraction of sp³-hybridized carbons (Fsp3) is 0.556. The summed E-state index contributed by atoms with van der Waals surface area (Å²) in [6.45, 7) is 4.61. The summed E-state index contributed by atoms with van der Waals surface area (Å²) in [5.41, 5.74) is 0. The van der Waals surface area contributed by atoms with Gasteiger partial charge in [0.05, 0.1) is 6.54 Å². The molecule has 0 fully saturated rings. The van der Waals surface area contributed by atoms with E-state index < -0.39 is 0 Å². The van der Waals surface area contributed by atoms with E-state index in [2.05, 4.69) is 28.1 Å². The predicted molar refractivity (Wildman–Crippen MR) is 56.0 cm³/mol. The number of aryl methyl sites for hydroxylation is 1. The Morgan fingerprint density at radius 1 is 1.54 bits per heavy atom. The molecule has 0 unspecified atom stereocenters. The topological polar surface area (TPSA) is 29.0 Å². The van der Waals surface area contributed by atoms with Gasteiger partial charge in [0, 0.05) is 25.0 Å². The minimum Gasteiger partial charge on any atom is -0.339 e. The first-order valence-electron chi connectivity index (χ1n) is 4.21. The van der Waals surface area contributed by atoms with Crippen LogP contribution < -0.4 is 4.90 Å². The van der Waals surface area contributed by atoms with Crippen molar-refractivity contribution in [2.45, 2.75) is 20.3 Å². The third-order valence-electron chi connectivity index (χ3n) is 1.59. The van der Waals surface area contributed by atoms with Crippen LogP contribution in [-0.2, 0) is 6.42 Å². The number of hydrogen-bond acceptors (Lipinski definition) is 4. The monoisotopic (exact) mass is 195 g/mol. The predicted octanol–water partition coefficient (Wildman–Crippen LogP) is 1.56. The number of rotatable bonds is 3. The average molecular weight is 195 g/mol. The Labute approximate surface area is 83.0 Å². The summed E-state index contributed by atoms with van der Waals surface area (Å²) in [6.07, 6.45) is 0.893. The van der Waals surface area contributed by atoms with Crippen molar-refractivity contribution in [2.75, 3.05) is 18.5 Å². The molecule has 0 atom stereocenters. The zero-order chi connectivity index (χ0) is 9.68. The third-order valence-corrected chi connectivity index (χ3v) is 2.46. The molecule has 0 saturated heterocycles. The second-order valence-electron chi connectivity index (χ2n) is 2.63. The van der Waals surface area contributed by atoms with Gasteiger partial charge >= 0.3 is 0 Å². The quantitative estimate of drug-likeness (QED) is 0.685. The average Bonchev–Trinajstić information content (AvgIpc) is 2.62. The zero-order valence-electron chi connectivity index (χ0n) is 8.16. The van der Waals surface area contributed by atoms with Crippen LogP contribution in [-0.4, -0.2) is 22.9 Å². The van der Waals surface area contributed by atoms with Gasteiger partial charge in [-0.25, -0.2) is 4.98 Å². The highest BCUT2D eigenvalue weighted by Crippen LogP contribution is 2.14. The first-order valence-corrected chi connectivity index (χ1v) is 4.98. The summed E-state index contributed by atoms with van der Waals surface area (Å²) in [5, 5.41) is 0.944. The summed E-state index contributed by atoms with van der Waals surface area (Å²) in [6, 6.07) is 0. The maximum absolute atomic E-state index is 4.35. The molecule has 0 saturated carbocycles. The second-order valence-corrected chi connectivity index (χ2v) is 3.36. The van der Waals surface area contributed by atoms with Crippen LogP contribution in [0.3, 0.4) is 0 Å². The molecule has 0 aliphatic carbocycles. The zero-order valence-corrected chi connectivity index (χ0v) is 8.98. The SMILES string of the molecule is CC#CCN(C)c1nc(CC)ns1. The van der Waals surface area contributed by atoms with Crippen LogP contribution in [0.4, 0.5) is 5.13 Å². The van der Waals surface area contributed by atoms with Gasteiger partial charge in [-0.1, -0.05) is 12.8 Å². The highest BCUT2D eigenvalue weighted by atomic mass is 32.1. The van der Waals surface area contributed by atoms with Crippen LogP contribution in [0.15, 0.2) is 0 Å². The van der Waals surface area contributed by atoms with Gasteiger partial charge in [0.15, 0.2) is 0 Å². The van der Waals surface area contributed by atoms with Crippen LogP contribution in [0.25, 0.3) is 0 Å². The third kappa shape index (κ3) is 2.71. The first-order chi connectivity index (χ1) is 6.27. The molecule has 1 heterocycles. The van der Waals surface area contributed by atoms with Gasteiger partial charge < -0.3 is 4.90 Å². The molecule has 0 spiro atoms. The van der Waals surface area contributed by atoms with Crippen molar-refractivity contribution >= 4 is 16.7 Å². The van der Waals surface area contributed by atoms with E-state index in [1.165, 1.54) is 11.5 Å². The minimum absolute atomic E-state index is 0.717. The van der Waals surface area contributed by atoms with E-state index >= 15 is 0 Å². The lowest BCUT2D eigenvalue weighted by atomic mass is 10.5. The first kappa shape index (κ1) is 10.0. The minimum atomic E-state index is 0.717. The molecule has 1 aromatic heterocycles. The van der Waals surface area contributed by atoms with Gasteiger partial charge in [-0.3, -0.25) is 0 Å². The van der Waals surface area contributed by atoms with Crippen molar-refractivity contribution in [3.63, 3.8) is 0 Å². The normalized spacial score (nSPS) is 9.15. The number of nitrogens with zero attached hydrogens (tertiary/aromatic N) is 3. The summed E-state index contributed by atoms with van der Waals surface area (Å²) in [7, 11) is 1.98. The lowest BCUT2D eigenvalue weighted by Gasteiger charge is -2.09. The van der Waals surface area contributed by atoms with Crippen molar-refractivity contribution < 1.29 is 0 Å².